The highest BCUT2D eigenvalue weighted by Crippen LogP contribution is 2.29. The molecule has 0 saturated carbocycles. The van der Waals surface area contributed by atoms with Crippen molar-refractivity contribution >= 4 is 34.2 Å². The molecule has 0 unspecified atom stereocenters. The quantitative estimate of drug-likeness (QED) is 0.489. The van der Waals surface area contributed by atoms with Gasteiger partial charge in [-0.15, -0.1) is 0 Å². The van der Waals surface area contributed by atoms with Crippen molar-refractivity contribution < 1.29 is 9.53 Å². The number of halogens is 1. The summed E-state index contributed by atoms with van der Waals surface area (Å²) in [6.07, 6.45) is 0. The molecule has 0 aliphatic rings. The van der Waals surface area contributed by atoms with Gasteiger partial charge in [0.25, 0.3) is 5.91 Å². The molecule has 2 aromatic heterocycles. The van der Waals surface area contributed by atoms with Gasteiger partial charge in [-0.2, -0.15) is 5.10 Å². The molecule has 0 bridgehead atoms. The predicted molar refractivity (Wildman–Crippen MR) is 119 cm³/mol. The number of pyridine rings is 1. The van der Waals surface area contributed by atoms with Gasteiger partial charge in [0.2, 0.25) is 0 Å². The molecule has 7 heteroatoms. The Morgan fingerprint density at radius 1 is 1.07 bits per heavy atom. The molecule has 0 radical (unpaired) electrons. The van der Waals surface area contributed by atoms with Gasteiger partial charge in [-0.3, -0.25) is 4.79 Å². The van der Waals surface area contributed by atoms with Crippen molar-refractivity contribution in [1.82, 2.24) is 14.8 Å². The van der Waals surface area contributed by atoms with E-state index in [-0.39, 0.29) is 5.91 Å². The van der Waals surface area contributed by atoms with Gasteiger partial charge in [-0.05, 0) is 57.2 Å². The van der Waals surface area contributed by atoms with Crippen LogP contribution in [0.2, 0.25) is 5.02 Å². The zero-order chi connectivity index (χ0) is 21.4. The van der Waals surface area contributed by atoms with Crippen LogP contribution in [0.15, 0.2) is 48.5 Å². The largest absolute Gasteiger partial charge is 0.495 e. The van der Waals surface area contributed by atoms with Gasteiger partial charge >= 0.3 is 0 Å². The summed E-state index contributed by atoms with van der Waals surface area (Å²) >= 11 is 6.19. The van der Waals surface area contributed by atoms with Gasteiger partial charge in [-0.1, -0.05) is 29.3 Å². The number of fused-ring (bicyclic) bond motifs is 1. The molecule has 0 aliphatic carbocycles. The van der Waals surface area contributed by atoms with Crippen molar-refractivity contribution in [3.8, 4) is 11.4 Å². The molecule has 30 heavy (non-hydrogen) atoms. The first-order chi connectivity index (χ1) is 14.4. The fraction of sp³-hybridized carbons (Fsp3) is 0.174. The first-order valence-corrected chi connectivity index (χ1v) is 9.84. The molecule has 1 N–H and O–H groups in total. The van der Waals surface area contributed by atoms with E-state index in [1.54, 1.807) is 36.1 Å². The van der Waals surface area contributed by atoms with Gasteiger partial charge in [0.05, 0.1) is 34.5 Å². The summed E-state index contributed by atoms with van der Waals surface area (Å²) in [7, 11) is 1.55. The summed E-state index contributed by atoms with van der Waals surface area (Å²) < 4.78 is 6.94. The smallest absolute Gasteiger partial charge is 0.256 e. The molecule has 0 spiro atoms. The molecule has 0 atom stereocenters. The normalized spacial score (nSPS) is 11.0. The van der Waals surface area contributed by atoms with Crippen LogP contribution in [-0.2, 0) is 0 Å². The minimum absolute atomic E-state index is 0.252. The molecule has 6 nitrogen and oxygen atoms in total. The molecule has 2 heterocycles. The number of aromatic nitrogens is 3. The summed E-state index contributed by atoms with van der Waals surface area (Å²) in [6.45, 7) is 5.78. The number of methoxy groups -OCH3 is 1. The van der Waals surface area contributed by atoms with Crippen molar-refractivity contribution in [2.75, 3.05) is 12.4 Å². The summed E-state index contributed by atoms with van der Waals surface area (Å²) in [5.41, 5.74) is 5.26. The Kier molecular flexibility index (Phi) is 5.18. The highest BCUT2D eigenvalue weighted by atomic mass is 35.5. The monoisotopic (exact) mass is 420 g/mol. The molecular weight excluding hydrogens is 400 g/mol. The maximum Gasteiger partial charge on any atom is 0.256 e. The third-order valence-electron chi connectivity index (χ3n) is 4.87. The molecule has 152 valence electrons. The number of hydrogen-bond acceptors (Lipinski definition) is 4. The number of ether oxygens (including phenoxy) is 1. The van der Waals surface area contributed by atoms with Crippen LogP contribution < -0.4 is 10.1 Å². The Morgan fingerprint density at radius 3 is 2.47 bits per heavy atom. The number of nitrogens with zero attached hydrogens (tertiary/aromatic N) is 3. The molecule has 4 aromatic rings. The minimum Gasteiger partial charge on any atom is -0.495 e. The van der Waals surface area contributed by atoms with Crippen LogP contribution in [0.3, 0.4) is 0 Å². The predicted octanol–water partition coefficient (Wildman–Crippen LogP) is 5.26. The van der Waals surface area contributed by atoms with Gasteiger partial charge in [-0.25, -0.2) is 9.67 Å². The molecule has 0 saturated heterocycles. The summed E-state index contributed by atoms with van der Waals surface area (Å²) in [5.74, 6) is 0.297. The first kappa shape index (κ1) is 19.9. The fourth-order valence-corrected chi connectivity index (χ4v) is 3.66. The molecular formula is C23H21ClN4O2. The number of nitrogens with one attached hydrogen (secondary N) is 1. The minimum atomic E-state index is -0.252. The average Bonchev–Trinajstić information content (AvgIpc) is 3.04. The van der Waals surface area contributed by atoms with Crippen LogP contribution in [0.4, 0.5) is 5.69 Å². The Labute approximate surface area is 179 Å². The lowest BCUT2D eigenvalue weighted by Crippen LogP contribution is -2.13. The molecule has 1 amide bonds. The van der Waals surface area contributed by atoms with Crippen molar-refractivity contribution in [3.05, 3.63) is 76.1 Å². The Balaban J connectivity index is 1.78. The number of carbonyl (C=O) groups is 1. The summed E-state index contributed by atoms with van der Waals surface area (Å²) in [6, 6.07) is 14.9. The topological polar surface area (TPSA) is 69.0 Å². The number of aryl methyl sites for hydroxylation is 3. The summed E-state index contributed by atoms with van der Waals surface area (Å²) in [5, 5.41) is 8.71. The number of carbonyl (C=O) groups excluding carboxylic acids is 1. The van der Waals surface area contributed by atoms with E-state index in [9.17, 15) is 4.79 Å². The lowest BCUT2D eigenvalue weighted by atomic mass is 10.1. The number of rotatable bonds is 4. The standard InChI is InChI=1S/C23H21ClN4O2/c1-13-5-8-17(9-6-13)28-22-21(15(3)27-28)18(11-14(2)25-22)23(29)26-16-7-10-20(30-4)19(24)12-16/h5-12H,1-4H3,(H,26,29). The first-order valence-electron chi connectivity index (χ1n) is 9.46. The van der Waals surface area contributed by atoms with Gasteiger partial charge in [0.15, 0.2) is 5.65 Å². The molecule has 4 rings (SSSR count). The van der Waals surface area contributed by atoms with Crippen molar-refractivity contribution in [2.45, 2.75) is 20.8 Å². The third-order valence-corrected chi connectivity index (χ3v) is 5.17. The zero-order valence-electron chi connectivity index (χ0n) is 17.2. The van der Waals surface area contributed by atoms with E-state index >= 15 is 0 Å². The van der Waals surface area contributed by atoms with Gasteiger partial charge in [0.1, 0.15) is 5.75 Å². The number of anilines is 1. The van der Waals surface area contributed by atoms with E-state index in [2.05, 4.69) is 15.4 Å². The number of hydrogen-bond donors (Lipinski definition) is 1. The SMILES string of the molecule is COc1ccc(NC(=O)c2cc(C)nc3c2c(C)nn3-c2ccc(C)cc2)cc1Cl. The summed E-state index contributed by atoms with van der Waals surface area (Å²) in [4.78, 5) is 17.8. The third kappa shape index (κ3) is 3.62. The number of benzene rings is 2. The van der Waals surface area contributed by atoms with Crippen LogP contribution >= 0.6 is 11.6 Å². The van der Waals surface area contributed by atoms with E-state index in [4.69, 9.17) is 16.3 Å². The average molecular weight is 421 g/mol. The Hall–Kier alpha value is -3.38. The second-order valence-electron chi connectivity index (χ2n) is 7.15. The van der Waals surface area contributed by atoms with E-state index < -0.39 is 0 Å². The van der Waals surface area contributed by atoms with Crippen molar-refractivity contribution in [3.63, 3.8) is 0 Å². The molecule has 0 aliphatic heterocycles. The Morgan fingerprint density at radius 2 is 1.80 bits per heavy atom. The van der Waals surface area contributed by atoms with Crippen LogP contribution in [0.25, 0.3) is 16.7 Å². The number of amides is 1. The van der Waals surface area contributed by atoms with E-state index in [1.165, 1.54) is 0 Å². The maximum atomic E-state index is 13.1. The van der Waals surface area contributed by atoms with Crippen LogP contribution in [0, 0.1) is 20.8 Å². The van der Waals surface area contributed by atoms with E-state index in [1.807, 2.05) is 45.0 Å². The lowest BCUT2D eigenvalue weighted by molar-refractivity contribution is 0.102. The second-order valence-corrected chi connectivity index (χ2v) is 7.55. The highest BCUT2D eigenvalue weighted by molar-refractivity contribution is 6.32. The van der Waals surface area contributed by atoms with Crippen LogP contribution in [0.5, 0.6) is 5.75 Å². The van der Waals surface area contributed by atoms with Crippen molar-refractivity contribution in [2.24, 2.45) is 0 Å². The Bertz CT molecular complexity index is 1260. The lowest BCUT2D eigenvalue weighted by Gasteiger charge is -2.10. The van der Waals surface area contributed by atoms with Gasteiger partial charge < -0.3 is 10.1 Å². The molecule has 2 aromatic carbocycles. The van der Waals surface area contributed by atoms with Crippen LogP contribution in [0.1, 0.15) is 27.3 Å². The molecule has 0 fully saturated rings. The highest BCUT2D eigenvalue weighted by Gasteiger charge is 2.20. The van der Waals surface area contributed by atoms with Crippen LogP contribution in [-0.4, -0.2) is 27.8 Å². The maximum absolute atomic E-state index is 13.1. The zero-order valence-corrected chi connectivity index (χ0v) is 17.9. The van der Waals surface area contributed by atoms with E-state index in [0.29, 0.717) is 27.7 Å². The van der Waals surface area contributed by atoms with Gasteiger partial charge in [0, 0.05) is 11.4 Å². The van der Waals surface area contributed by atoms with Crippen molar-refractivity contribution in [1.29, 1.82) is 0 Å². The second kappa shape index (κ2) is 7.80. The fourth-order valence-electron chi connectivity index (χ4n) is 3.40. The van der Waals surface area contributed by atoms with E-state index in [0.717, 1.165) is 28.0 Å².